The van der Waals surface area contributed by atoms with Crippen molar-refractivity contribution in [3.8, 4) is 11.8 Å². The van der Waals surface area contributed by atoms with Gasteiger partial charge in [-0.05, 0) is 50.7 Å². The minimum absolute atomic E-state index is 0.271. The molecule has 1 N–H and O–H groups in total. The highest BCUT2D eigenvalue weighted by atomic mass is 32.2. The Kier molecular flexibility index (Phi) is 4.51. The summed E-state index contributed by atoms with van der Waals surface area (Å²) in [4.78, 5) is 0.987. The first-order valence-electron chi connectivity index (χ1n) is 6.16. The average molecular weight is 262 g/mol. The largest absolute Gasteiger partial charge is 0.489 e. The number of ether oxygens (including phenoxy) is 1. The van der Waals surface area contributed by atoms with Crippen LogP contribution < -0.4 is 10.1 Å². The predicted octanol–water partition coefficient (Wildman–Crippen LogP) is 2.66. The number of nitrogens with zero attached hydrogens (tertiary/aromatic N) is 1. The summed E-state index contributed by atoms with van der Waals surface area (Å²) in [5.74, 6) is 1.45. The molecule has 2 rings (SSSR count). The zero-order chi connectivity index (χ0) is 13.0. The molecule has 0 unspecified atom stereocenters. The second-order valence-electron chi connectivity index (χ2n) is 4.58. The number of hydrogen-bond donors (Lipinski definition) is 1. The zero-order valence-corrected chi connectivity index (χ0v) is 11.6. The molecule has 0 atom stereocenters. The molecule has 0 spiro atoms. The van der Waals surface area contributed by atoms with Gasteiger partial charge in [-0.1, -0.05) is 6.07 Å². The fourth-order valence-corrected chi connectivity index (χ4v) is 2.86. The Hall–Kier alpha value is -1.18. The van der Waals surface area contributed by atoms with E-state index in [4.69, 9.17) is 4.74 Å². The van der Waals surface area contributed by atoms with Crippen molar-refractivity contribution in [1.29, 1.82) is 5.26 Å². The van der Waals surface area contributed by atoms with E-state index in [1.54, 1.807) is 11.8 Å². The highest BCUT2D eigenvalue weighted by molar-refractivity contribution is 7.98. The van der Waals surface area contributed by atoms with Gasteiger partial charge in [0.05, 0.1) is 6.10 Å². The third-order valence-corrected chi connectivity index (χ3v) is 4.08. The number of nitrogens with one attached hydrogen (secondary N) is 1. The summed E-state index contributed by atoms with van der Waals surface area (Å²) in [5, 5.41) is 12.4. The summed E-state index contributed by atoms with van der Waals surface area (Å²) in [7, 11) is 1.98. The fraction of sp³-hybridized carbons (Fsp3) is 0.500. The van der Waals surface area contributed by atoms with Crippen molar-refractivity contribution in [2.45, 2.75) is 23.8 Å². The third-order valence-electron chi connectivity index (χ3n) is 3.30. The first kappa shape index (κ1) is 13.3. The van der Waals surface area contributed by atoms with E-state index in [0.29, 0.717) is 11.5 Å². The highest BCUT2D eigenvalue weighted by Gasteiger charge is 2.30. The van der Waals surface area contributed by atoms with Gasteiger partial charge in [-0.15, -0.1) is 11.8 Å². The molecule has 1 aliphatic carbocycles. The number of rotatable bonds is 5. The van der Waals surface area contributed by atoms with Crippen LogP contribution in [0.4, 0.5) is 0 Å². The second-order valence-corrected chi connectivity index (χ2v) is 5.43. The Labute approximate surface area is 113 Å². The van der Waals surface area contributed by atoms with Gasteiger partial charge in [0.15, 0.2) is 0 Å². The van der Waals surface area contributed by atoms with Crippen molar-refractivity contribution >= 4 is 11.8 Å². The minimum atomic E-state index is 0.271. The van der Waals surface area contributed by atoms with Gasteiger partial charge in [0.2, 0.25) is 0 Å². The molecule has 0 aliphatic heterocycles. The van der Waals surface area contributed by atoms with E-state index < -0.39 is 0 Å². The molecule has 1 fully saturated rings. The standard InChI is InChI=1S/C14H18N2OS/c1-16-9-10-6-11(7-10)17-13-4-3-5-14(18-2)12(13)8-15/h3-5,10-11,16H,6-7,9H2,1-2H3. The summed E-state index contributed by atoms with van der Waals surface area (Å²) >= 11 is 1.58. The van der Waals surface area contributed by atoms with Crippen molar-refractivity contribution in [3.63, 3.8) is 0 Å². The van der Waals surface area contributed by atoms with Crippen LogP contribution in [0.5, 0.6) is 5.75 Å². The van der Waals surface area contributed by atoms with Crippen LogP contribution in [-0.4, -0.2) is 26.0 Å². The van der Waals surface area contributed by atoms with Crippen LogP contribution in [-0.2, 0) is 0 Å². The zero-order valence-electron chi connectivity index (χ0n) is 10.8. The first-order valence-corrected chi connectivity index (χ1v) is 7.39. The molecule has 0 radical (unpaired) electrons. The lowest BCUT2D eigenvalue weighted by molar-refractivity contribution is 0.0653. The Bertz CT molecular complexity index is 450. The Morgan fingerprint density at radius 2 is 2.28 bits per heavy atom. The number of benzene rings is 1. The van der Waals surface area contributed by atoms with Gasteiger partial charge >= 0.3 is 0 Å². The second kappa shape index (κ2) is 6.12. The van der Waals surface area contributed by atoms with Crippen LogP contribution in [0, 0.1) is 17.2 Å². The third kappa shape index (κ3) is 2.80. The van der Waals surface area contributed by atoms with E-state index in [1.165, 1.54) is 0 Å². The van der Waals surface area contributed by atoms with Crippen LogP contribution in [0.2, 0.25) is 0 Å². The number of thioether (sulfide) groups is 1. The molecule has 0 heterocycles. The Morgan fingerprint density at radius 1 is 1.50 bits per heavy atom. The quantitative estimate of drug-likeness (QED) is 0.829. The van der Waals surface area contributed by atoms with E-state index >= 15 is 0 Å². The van der Waals surface area contributed by atoms with Crippen molar-refractivity contribution in [3.05, 3.63) is 23.8 Å². The maximum atomic E-state index is 9.22. The molecule has 0 amide bonds. The Morgan fingerprint density at radius 3 is 2.89 bits per heavy atom. The fourth-order valence-electron chi connectivity index (χ4n) is 2.30. The van der Waals surface area contributed by atoms with E-state index in [-0.39, 0.29) is 6.10 Å². The normalized spacial score (nSPS) is 22.1. The molecule has 0 saturated heterocycles. The SMILES string of the molecule is CNCC1CC(Oc2cccc(SC)c2C#N)C1. The van der Waals surface area contributed by atoms with Crippen LogP contribution in [0.25, 0.3) is 0 Å². The van der Waals surface area contributed by atoms with Crippen LogP contribution in [0.3, 0.4) is 0 Å². The molecule has 1 aromatic carbocycles. The number of nitriles is 1. The smallest absolute Gasteiger partial charge is 0.138 e. The topological polar surface area (TPSA) is 45.0 Å². The van der Waals surface area contributed by atoms with E-state index in [0.717, 1.165) is 30.0 Å². The van der Waals surface area contributed by atoms with Crippen LogP contribution in [0.15, 0.2) is 23.1 Å². The first-order chi connectivity index (χ1) is 8.78. The van der Waals surface area contributed by atoms with Crippen molar-refractivity contribution in [2.75, 3.05) is 19.8 Å². The summed E-state index contributed by atoms with van der Waals surface area (Å²) in [6, 6.07) is 8.05. The maximum Gasteiger partial charge on any atom is 0.138 e. The molecule has 3 nitrogen and oxygen atoms in total. The van der Waals surface area contributed by atoms with Gasteiger partial charge in [0.1, 0.15) is 17.4 Å². The number of hydrogen-bond acceptors (Lipinski definition) is 4. The van der Waals surface area contributed by atoms with Crippen LogP contribution >= 0.6 is 11.8 Å². The van der Waals surface area contributed by atoms with Gasteiger partial charge in [-0.25, -0.2) is 0 Å². The lowest BCUT2D eigenvalue weighted by atomic mass is 9.82. The highest BCUT2D eigenvalue weighted by Crippen LogP contribution is 2.34. The maximum absolute atomic E-state index is 9.22. The van der Waals surface area contributed by atoms with Gasteiger partial charge in [0, 0.05) is 4.90 Å². The van der Waals surface area contributed by atoms with E-state index in [9.17, 15) is 5.26 Å². The lowest BCUT2D eigenvalue weighted by Gasteiger charge is -2.35. The van der Waals surface area contributed by atoms with Crippen molar-refractivity contribution in [1.82, 2.24) is 5.32 Å². The van der Waals surface area contributed by atoms with Crippen LogP contribution in [0.1, 0.15) is 18.4 Å². The van der Waals surface area contributed by atoms with Crippen molar-refractivity contribution < 1.29 is 4.74 Å². The Balaban J connectivity index is 2.01. The lowest BCUT2D eigenvalue weighted by Crippen LogP contribution is -2.38. The van der Waals surface area contributed by atoms with Gasteiger partial charge < -0.3 is 10.1 Å². The van der Waals surface area contributed by atoms with Gasteiger partial charge in [-0.2, -0.15) is 5.26 Å². The predicted molar refractivity (Wildman–Crippen MR) is 74.0 cm³/mol. The average Bonchev–Trinajstić information content (AvgIpc) is 2.35. The van der Waals surface area contributed by atoms with E-state index in [2.05, 4.69) is 11.4 Å². The summed E-state index contributed by atoms with van der Waals surface area (Å²) in [6.07, 6.45) is 4.41. The monoisotopic (exact) mass is 262 g/mol. The molecule has 1 aromatic rings. The minimum Gasteiger partial charge on any atom is -0.489 e. The van der Waals surface area contributed by atoms with Gasteiger partial charge in [0.25, 0.3) is 0 Å². The molecule has 18 heavy (non-hydrogen) atoms. The molecule has 96 valence electrons. The molecular weight excluding hydrogens is 244 g/mol. The molecule has 0 bridgehead atoms. The molecule has 4 heteroatoms. The van der Waals surface area contributed by atoms with E-state index in [1.807, 2.05) is 31.5 Å². The summed E-state index contributed by atoms with van der Waals surface area (Å²) < 4.78 is 5.93. The van der Waals surface area contributed by atoms with Gasteiger partial charge in [-0.3, -0.25) is 0 Å². The van der Waals surface area contributed by atoms with Crippen molar-refractivity contribution in [2.24, 2.45) is 5.92 Å². The molecule has 0 aromatic heterocycles. The molecule has 1 aliphatic rings. The summed E-state index contributed by atoms with van der Waals surface area (Å²) in [5.41, 5.74) is 0.669. The molecular formula is C14H18N2OS. The summed E-state index contributed by atoms with van der Waals surface area (Å²) in [6.45, 7) is 1.05. The molecule has 1 saturated carbocycles.